The van der Waals surface area contributed by atoms with Gasteiger partial charge in [0.15, 0.2) is 17.0 Å². The van der Waals surface area contributed by atoms with Crippen LogP contribution < -0.4 is 15.7 Å². The van der Waals surface area contributed by atoms with Crippen LogP contribution in [0.2, 0.25) is 0 Å². The van der Waals surface area contributed by atoms with Gasteiger partial charge in [0.25, 0.3) is 0 Å². The Morgan fingerprint density at radius 3 is 2.83 bits per heavy atom. The van der Waals surface area contributed by atoms with E-state index in [1.807, 2.05) is 24.0 Å². The van der Waals surface area contributed by atoms with Crippen LogP contribution in [0.5, 0.6) is 0 Å². The molecule has 2 aromatic heterocycles. The van der Waals surface area contributed by atoms with Crippen LogP contribution in [0.3, 0.4) is 0 Å². The first-order valence-corrected chi connectivity index (χ1v) is 8.22. The quantitative estimate of drug-likeness (QED) is 0.883. The molecule has 3 heterocycles. The summed E-state index contributed by atoms with van der Waals surface area (Å²) in [4.78, 5) is 11.3. The number of likely N-dealkylation sites (N-methyl/N-ethyl adjacent to an activating group) is 1. The molecule has 122 valence electrons. The van der Waals surface area contributed by atoms with Crippen molar-refractivity contribution in [1.29, 1.82) is 5.41 Å². The van der Waals surface area contributed by atoms with Crippen molar-refractivity contribution in [1.82, 2.24) is 19.9 Å². The molecule has 1 aliphatic heterocycles. The number of nitrogens with one attached hydrogen (secondary N) is 2. The van der Waals surface area contributed by atoms with Crippen molar-refractivity contribution in [2.45, 2.75) is 32.7 Å². The third kappa shape index (κ3) is 2.86. The molecule has 1 saturated heterocycles. The van der Waals surface area contributed by atoms with Gasteiger partial charge in [0.1, 0.15) is 0 Å². The summed E-state index contributed by atoms with van der Waals surface area (Å²) in [6.45, 7) is 5.96. The molecule has 23 heavy (non-hydrogen) atoms. The molecule has 0 atom stereocenters. The van der Waals surface area contributed by atoms with E-state index in [1.54, 1.807) is 0 Å². The van der Waals surface area contributed by atoms with Gasteiger partial charge in [-0.3, -0.25) is 9.98 Å². The zero-order valence-corrected chi connectivity index (χ0v) is 14.0. The molecule has 0 aromatic carbocycles. The van der Waals surface area contributed by atoms with Gasteiger partial charge in [-0.05, 0) is 31.5 Å². The lowest BCUT2D eigenvalue weighted by Gasteiger charge is -2.39. The second kappa shape index (κ2) is 6.50. The second-order valence-electron chi connectivity index (χ2n) is 5.88. The third-order valence-electron chi connectivity index (χ3n) is 4.32. The summed E-state index contributed by atoms with van der Waals surface area (Å²) in [7, 11) is 1.97. The zero-order chi connectivity index (χ0) is 16.4. The zero-order valence-electron chi connectivity index (χ0n) is 14.0. The van der Waals surface area contributed by atoms with Gasteiger partial charge in [-0.2, -0.15) is 0 Å². The first-order valence-electron chi connectivity index (χ1n) is 8.22. The van der Waals surface area contributed by atoms with Crippen LogP contribution in [0.1, 0.15) is 25.8 Å². The topological polar surface area (TPSA) is 69.8 Å². The lowest BCUT2D eigenvalue weighted by molar-refractivity contribution is 0.445. The molecule has 6 heteroatoms. The van der Waals surface area contributed by atoms with E-state index in [4.69, 9.17) is 5.41 Å². The number of aromatic nitrogens is 3. The van der Waals surface area contributed by atoms with E-state index in [-0.39, 0.29) is 0 Å². The average Bonchev–Trinajstić information content (AvgIpc) is 2.53. The first-order chi connectivity index (χ1) is 11.2. The number of anilines is 1. The Balaban J connectivity index is 2.14. The minimum Gasteiger partial charge on any atom is -0.350 e. The number of pyridine rings is 1. The van der Waals surface area contributed by atoms with Gasteiger partial charge in [0.2, 0.25) is 0 Å². The van der Waals surface area contributed by atoms with Crippen LogP contribution in [-0.4, -0.2) is 40.7 Å². The smallest absolute Gasteiger partial charge is 0.178 e. The predicted molar refractivity (Wildman–Crippen MR) is 93.4 cm³/mol. The van der Waals surface area contributed by atoms with Crippen molar-refractivity contribution < 1.29 is 0 Å². The number of allylic oxidation sites excluding steroid dienone is 1. The molecule has 1 fully saturated rings. The van der Waals surface area contributed by atoms with Crippen molar-refractivity contribution in [3.63, 3.8) is 0 Å². The summed E-state index contributed by atoms with van der Waals surface area (Å²) in [5, 5.41) is 11.8. The van der Waals surface area contributed by atoms with Crippen molar-refractivity contribution >= 4 is 23.2 Å². The molecule has 3 rings (SSSR count). The predicted octanol–water partition coefficient (Wildman–Crippen LogP) is 1.76. The van der Waals surface area contributed by atoms with Gasteiger partial charge in [0, 0.05) is 31.5 Å². The number of rotatable bonds is 5. The van der Waals surface area contributed by atoms with Crippen LogP contribution in [0.4, 0.5) is 5.82 Å². The van der Waals surface area contributed by atoms with Gasteiger partial charge in [-0.25, -0.2) is 9.97 Å². The molecule has 0 spiro atoms. The SMILES string of the molecule is CC/C=C\n1c(=N)c(N2CC(NC)C2)nc2ncc(CC)cc21. The molecule has 0 radical (unpaired) electrons. The molecule has 2 aromatic rings. The van der Waals surface area contributed by atoms with E-state index in [0.717, 1.165) is 37.0 Å². The monoisotopic (exact) mass is 312 g/mol. The Bertz CT molecular complexity index is 786. The number of aryl methyl sites for hydroxylation is 1. The van der Waals surface area contributed by atoms with Gasteiger partial charge in [-0.15, -0.1) is 0 Å². The first kappa shape index (κ1) is 15.7. The molecule has 2 N–H and O–H groups in total. The molecule has 0 bridgehead atoms. The average molecular weight is 312 g/mol. The van der Waals surface area contributed by atoms with Crippen molar-refractivity contribution in [3.05, 3.63) is 29.4 Å². The van der Waals surface area contributed by atoms with Gasteiger partial charge >= 0.3 is 0 Å². The fraction of sp³-hybridized carbons (Fsp3) is 0.471. The summed E-state index contributed by atoms with van der Waals surface area (Å²) in [5.41, 5.74) is 3.17. The fourth-order valence-corrected chi connectivity index (χ4v) is 2.75. The number of hydrogen-bond acceptors (Lipinski definition) is 5. The van der Waals surface area contributed by atoms with Crippen LogP contribution >= 0.6 is 0 Å². The van der Waals surface area contributed by atoms with Gasteiger partial charge in [0.05, 0.1) is 5.52 Å². The Hall–Kier alpha value is -2.21. The van der Waals surface area contributed by atoms with Gasteiger partial charge < -0.3 is 10.2 Å². The number of hydrogen-bond donors (Lipinski definition) is 2. The lowest BCUT2D eigenvalue weighted by atomic mass is 10.1. The van der Waals surface area contributed by atoms with Crippen LogP contribution in [0.15, 0.2) is 18.3 Å². The molecular formula is C17H24N6. The van der Waals surface area contributed by atoms with Gasteiger partial charge in [-0.1, -0.05) is 19.9 Å². The summed E-state index contributed by atoms with van der Waals surface area (Å²) in [6, 6.07) is 2.56. The maximum absolute atomic E-state index is 8.58. The highest BCUT2D eigenvalue weighted by atomic mass is 15.3. The Morgan fingerprint density at radius 2 is 2.17 bits per heavy atom. The van der Waals surface area contributed by atoms with E-state index in [2.05, 4.69) is 46.2 Å². The minimum atomic E-state index is 0.423. The maximum atomic E-state index is 8.58. The highest BCUT2D eigenvalue weighted by Gasteiger charge is 2.28. The molecular weight excluding hydrogens is 288 g/mol. The lowest BCUT2D eigenvalue weighted by Crippen LogP contribution is -2.58. The van der Waals surface area contributed by atoms with E-state index in [1.165, 1.54) is 0 Å². The largest absolute Gasteiger partial charge is 0.350 e. The van der Waals surface area contributed by atoms with Crippen molar-refractivity contribution in [2.75, 3.05) is 25.0 Å². The summed E-state index contributed by atoms with van der Waals surface area (Å²) >= 11 is 0. The third-order valence-corrected chi connectivity index (χ3v) is 4.32. The van der Waals surface area contributed by atoms with E-state index < -0.39 is 0 Å². The number of nitrogens with zero attached hydrogens (tertiary/aromatic N) is 4. The summed E-state index contributed by atoms with van der Waals surface area (Å²) in [6.07, 6.45) is 7.76. The molecule has 0 aliphatic carbocycles. The Labute approximate surface area is 136 Å². The minimum absolute atomic E-state index is 0.423. The van der Waals surface area contributed by atoms with Crippen LogP contribution in [-0.2, 0) is 6.42 Å². The van der Waals surface area contributed by atoms with E-state index in [9.17, 15) is 0 Å². The van der Waals surface area contributed by atoms with Crippen LogP contribution in [0.25, 0.3) is 17.4 Å². The summed E-state index contributed by atoms with van der Waals surface area (Å²) in [5.74, 6) is 0.710. The Morgan fingerprint density at radius 1 is 1.39 bits per heavy atom. The van der Waals surface area contributed by atoms with Crippen molar-refractivity contribution in [2.24, 2.45) is 0 Å². The standard InChI is InChI=1S/C17H24N6/c1-4-6-7-23-14-8-12(5-2)9-20-16(14)21-17(15(23)18)22-10-13(11-22)19-3/h6-9,13,18-19H,4-5,10-11H2,1-3H3/b7-6-,18-15?. The molecule has 0 unspecified atom stereocenters. The second-order valence-corrected chi connectivity index (χ2v) is 5.88. The molecule has 0 amide bonds. The molecule has 0 saturated carbocycles. The summed E-state index contributed by atoms with van der Waals surface area (Å²) < 4.78 is 1.90. The fourth-order valence-electron chi connectivity index (χ4n) is 2.75. The highest BCUT2D eigenvalue weighted by Crippen LogP contribution is 2.19. The number of fused-ring (bicyclic) bond motifs is 1. The van der Waals surface area contributed by atoms with E-state index >= 15 is 0 Å². The highest BCUT2D eigenvalue weighted by molar-refractivity contribution is 5.75. The molecule has 6 nitrogen and oxygen atoms in total. The van der Waals surface area contributed by atoms with Crippen molar-refractivity contribution in [3.8, 4) is 0 Å². The van der Waals surface area contributed by atoms with E-state index in [0.29, 0.717) is 23.0 Å². The Kier molecular flexibility index (Phi) is 4.43. The normalized spacial score (nSPS) is 15.5. The maximum Gasteiger partial charge on any atom is 0.178 e. The molecule has 1 aliphatic rings. The van der Waals surface area contributed by atoms with Crippen LogP contribution in [0, 0.1) is 5.41 Å².